The highest BCUT2D eigenvalue weighted by molar-refractivity contribution is 5.71. The van der Waals surface area contributed by atoms with Gasteiger partial charge in [0, 0.05) is 12.8 Å². The molecule has 0 rings (SSSR count). The highest BCUT2D eigenvalue weighted by Crippen LogP contribution is 2.13. The number of nitrogens with zero attached hydrogens (tertiary/aromatic N) is 1. The van der Waals surface area contributed by atoms with Crippen molar-refractivity contribution in [1.29, 1.82) is 0 Å². The average molecular weight is 1200 g/mol. The molecule has 9 heteroatoms. The van der Waals surface area contributed by atoms with Crippen molar-refractivity contribution in [3.63, 3.8) is 0 Å². The molecule has 9 nitrogen and oxygen atoms in total. The number of quaternary nitrogens is 1. The average Bonchev–Trinajstić information content (AvgIpc) is 3.55. The molecule has 484 valence electrons. The second-order valence-corrected chi connectivity index (χ2v) is 22.3. The van der Waals surface area contributed by atoms with Crippen LogP contribution in [-0.2, 0) is 33.3 Å². The molecule has 0 heterocycles. The van der Waals surface area contributed by atoms with E-state index in [4.69, 9.17) is 18.9 Å². The number of carbonyl (C=O) groups is 3. The number of carboxylic acids is 1. The lowest BCUT2D eigenvalue weighted by Gasteiger charge is -2.25. The van der Waals surface area contributed by atoms with E-state index >= 15 is 0 Å². The third-order valence-electron chi connectivity index (χ3n) is 13.0. The standard InChI is InChI=1S/C78H119NO8/c1-6-8-10-12-14-16-18-20-22-24-26-28-30-31-32-33-34-35-36-37-38-39-40-41-42-43-44-45-47-49-51-53-55-57-59-61-63-65-67-69-76(81)87-74(73-86-78(77(82)83)84-71-70-79(3,4)5)72-85-75(80)68-66-64-62-60-58-56-54-52-50-48-46-29-27-25-23-21-19-17-15-13-11-9-7-2/h8-11,14-17,20-23,26-29,31-32,34-35,37-38,40-41,43-44,47-50,53,55,59,61,74,78H,6-7,12-13,18-19,24-25,30,33,36,39,42,45-46,51-52,54,56-58,60,62-73H2,1-5H3/p+1/b10-8-,11-9-,16-14-,17-15-,22-20-,23-21-,28-26-,29-27-,32-31-,35-34-,38-37-,41-40-,44-43-,49-47-,50-48-,55-53-,61-59-. The van der Waals surface area contributed by atoms with Gasteiger partial charge in [-0.1, -0.05) is 253 Å². The molecule has 0 bridgehead atoms. The quantitative estimate of drug-likeness (QED) is 0.0211. The van der Waals surface area contributed by atoms with Crippen LogP contribution in [0.25, 0.3) is 0 Å². The van der Waals surface area contributed by atoms with Crippen molar-refractivity contribution >= 4 is 17.9 Å². The van der Waals surface area contributed by atoms with Crippen LogP contribution in [0.3, 0.4) is 0 Å². The number of rotatable bonds is 58. The maximum absolute atomic E-state index is 12.9. The predicted molar refractivity (Wildman–Crippen MR) is 372 cm³/mol. The van der Waals surface area contributed by atoms with Crippen LogP contribution in [0, 0.1) is 0 Å². The zero-order valence-electron chi connectivity index (χ0n) is 55.1. The van der Waals surface area contributed by atoms with Crippen LogP contribution in [0.5, 0.6) is 0 Å². The molecule has 0 saturated heterocycles. The van der Waals surface area contributed by atoms with Crippen LogP contribution in [0.2, 0.25) is 0 Å². The number of aliphatic carboxylic acids is 1. The van der Waals surface area contributed by atoms with Gasteiger partial charge in [0.15, 0.2) is 6.10 Å². The molecule has 0 saturated carbocycles. The smallest absolute Gasteiger partial charge is 0.361 e. The first kappa shape index (κ1) is 80.9. The molecule has 0 aromatic carbocycles. The van der Waals surface area contributed by atoms with Crippen molar-refractivity contribution in [1.82, 2.24) is 0 Å². The summed E-state index contributed by atoms with van der Waals surface area (Å²) in [5.41, 5.74) is 0. The molecule has 0 aliphatic heterocycles. The Morgan fingerprint density at radius 1 is 0.345 bits per heavy atom. The van der Waals surface area contributed by atoms with E-state index in [1.807, 2.05) is 21.1 Å². The molecule has 0 amide bonds. The van der Waals surface area contributed by atoms with Gasteiger partial charge in [0.2, 0.25) is 0 Å². The van der Waals surface area contributed by atoms with E-state index in [-0.39, 0.29) is 38.6 Å². The molecule has 0 aliphatic rings. The van der Waals surface area contributed by atoms with Gasteiger partial charge in [-0.2, -0.15) is 0 Å². The molecule has 2 unspecified atom stereocenters. The van der Waals surface area contributed by atoms with E-state index in [1.54, 1.807) is 0 Å². The van der Waals surface area contributed by atoms with Crippen LogP contribution < -0.4 is 0 Å². The molecule has 87 heavy (non-hydrogen) atoms. The number of carboxylic acid groups (broad SMARTS) is 1. The summed E-state index contributed by atoms with van der Waals surface area (Å²) in [6, 6.07) is 0. The fourth-order valence-corrected chi connectivity index (χ4v) is 8.02. The van der Waals surface area contributed by atoms with Gasteiger partial charge in [-0.3, -0.25) is 9.59 Å². The SMILES string of the molecule is CC/C=C\C/C=C\C/C=C\C/C=C\C/C=C\C/C=C\C/C=C\C/C=C\C/C=C\C/C=C\C/C=C\C/C=C\CCCCC(=O)OC(COC(=O)CCCCCCCCC/C=C\C/C=C\C/C=C\C/C=C\C/C=C\CC)COC(OCC[N+](C)(C)C)C(=O)O. The molecule has 0 aromatic rings. The lowest BCUT2D eigenvalue weighted by atomic mass is 10.1. The number of esters is 2. The number of allylic oxidation sites excluding steroid dienone is 34. The number of hydrogen-bond acceptors (Lipinski definition) is 7. The number of ether oxygens (including phenoxy) is 4. The fraction of sp³-hybridized carbons (Fsp3) is 0.526. The Morgan fingerprint density at radius 3 is 0.943 bits per heavy atom. The summed E-state index contributed by atoms with van der Waals surface area (Å²) >= 11 is 0. The van der Waals surface area contributed by atoms with Gasteiger partial charge in [0.25, 0.3) is 6.29 Å². The van der Waals surface area contributed by atoms with Gasteiger partial charge in [0.1, 0.15) is 13.2 Å². The molecular weight excluding hydrogens is 1080 g/mol. The Kier molecular flexibility index (Phi) is 61.2. The lowest BCUT2D eigenvalue weighted by Crippen LogP contribution is -2.40. The van der Waals surface area contributed by atoms with Crippen molar-refractivity contribution in [2.75, 3.05) is 47.5 Å². The minimum atomic E-state index is -1.54. The van der Waals surface area contributed by atoms with Crippen LogP contribution >= 0.6 is 0 Å². The summed E-state index contributed by atoms with van der Waals surface area (Å²) in [6.45, 7) is 4.55. The van der Waals surface area contributed by atoms with Crippen molar-refractivity contribution in [3.05, 3.63) is 207 Å². The van der Waals surface area contributed by atoms with E-state index in [0.717, 1.165) is 148 Å². The summed E-state index contributed by atoms with van der Waals surface area (Å²) in [5, 5.41) is 9.73. The van der Waals surface area contributed by atoms with Crippen LogP contribution in [0.1, 0.15) is 206 Å². The maximum atomic E-state index is 12.9. The Bertz CT molecular complexity index is 2180. The Labute approximate surface area is 531 Å². The molecular formula is C78H120NO8+. The largest absolute Gasteiger partial charge is 0.477 e. The first-order chi connectivity index (χ1) is 42.6. The minimum absolute atomic E-state index is 0.165. The summed E-state index contributed by atoms with van der Waals surface area (Å²) in [6.07, 6.45) is 101. The van der Waals surface area contributed by atoms with Crippen molar-refractivity contribution in [2.24, 2.45) is 0 Å². The second-order valence-electron chi connectivity index (χ2n) is 22.3. The van der Waals surface area contributed by atoms with Gasteiger partial charge in [-0.15, -0.1) is 0 Å². The molecule has 0 aliphatic carbocycles. The van der Waals surface area contributed by atoms with Gasteiger partial charge in [-0.25, -0.2) is 4.79 Å². The van der Waals surface area contributed by atoms with Gasteiger partial charge >= 0.3 is 17.9 Å². The molecule has 0 radical (unpaired) electrons. The van der Waals surface area contributed by atoms with Crippen molar-refractivity contribution in [2.45, 2.75) is 219 Å². The third-order valence-corrected chi connectivity index (χ3v) is 13.0. The molecule has 1 N–H and O–H groups in total. The van der Waals surface area contributed by atoms with E-state index in [1.165, 1.54) is 19.3 Å². The first-order valence-electron chi connectivity index (χ1n) is 33.2. The summed E-state index contributed by atoms with van der Waals surface area (Å²) < 4.78 is 22.8. The maximum Gasteiger partial charge on any atom is 0.361 e. The van der Waals surface area contributed by atoms with Crippen molar-refractivity contribution in [3.8, 4) is 0 Å². The molecule has 2 atom stereocenters. The summed E-state index contributed by atoms with van der Waals surface area (Å²) in [7, 11) is 5.93. The highest BCUT2D eigenvalue weighted by atomic mass is 16.7. The minimum Gasteiger partial charge on any atom is -0.477 e. The number of carbonyl (C=O) groups excluding carboxylic acids is 2. The predicted octanol–water partition coefficient (Wildman–Crippen LogP) is 20.8. The monoisotopic (exact) mass is 1200 g/mol. The van der Waals surface area contributed by atoms with Gasteiger partial charge in [0.05, 0.1) is 34.4 Å². The second kappa shape index (κ2) is 65.8. The van der Waals surface area contributed by atoms with E-state index in [2.05, 4.69) is 220 Å². The number of unbranched alkanes of at least 4 members (excludes halogenated alkanes) is 9. The number of hydrogen-bond donors (Lipinski definition) is 1. The Morgan fingerprint density at radius 2 is 0.621 bits per heavy atom. The van der Waals surface area contributed by atoms with Crippen molar-refractivity contribution < 1.29 is 42.9 Å². The molecule has 0 aromatic heterocycles. The first-order valence-corrected chi connectivity index (χ1v) is 33.2. The molecule has 0 fully saturated rings. The van der Waals surface area contributed by atoms with Crippen LogP contribution in [0.15, 0.2) is 207 Å². The lowest BCUT2D eigenvalue weighted by molar-refractivity contribution is -0.870. The highest BCUT2D eigenvalue weighted by Gasteiger charge is 2.25. The molecule has 0 spiro atoms. The summed E-state index contributed by atoms with van der Waals surface area (Å²) in [5.74, 6) is -2.11. The topological polar surface area (TPSA) is 108 Å². The third kappa shape index (κ3) is 67.2. The van der Waals surface area contributed by atoms with Gasteiger partial charge < -0.3 is 28.5 Å². The normalized spacial score (nSPS) is 14.1. The van der Waals surface area contributed by atoms with E-state index in [0.29, 0.717) is 23.9 Å². The van der Waals surface area contributed by atoms with Gasteiger partial charge in [-0.05, 0) is 148 Å². The Balaban J connectivity index is 4.34. The number of likely N-dealkylation sites (N-methyl/N-ethyl adjacent to an activating group) is 1. The zero-order valence-corrected chi connectivity index (χ0v) is 55.1. The summed E-state index contributed by atoms with van der Waals surface area (Å²) in [4.78, 5) is 37.5. The Hall–Kier alpha value is -6.13. The fourth-order valence-electron chi connectivity index (χ4n) is 8.02. The van der Waals surface area contributed by atoms with E-state index in [9.17, 15) is 19.5 Å². The van der Waals surface area contributed by atoms with Crippen LogP contribution in [-0.4, -0.2) is 87.4 Å². The van der Waals surface area contributed by atoms with E-state index < -0.39 is 24.3 Å². The van der Waals surface area contributed by atoms with Crippen LogP contribution in [0.4, 0.5) is 0 Å². The zero-order chi connectivity index (χ0) is 63.3.